The molecule has 0 amide bonds. The Morgan fingerprint density at radius 3 is 2.62 bits per heavy atom. The number of esters is 1. The number of aliphatic hydroxyl groups is 1. The first-order valence-corrected chi connectivity index (χ1v) is 5.61. The molecule has 0 saturated heterocycles. The van der Waals surface area contributed by atoms with Gasteiger partial charge in [-0.1, -0.05) is 30.3 Å². The van der Waals surface area contributed by atoms with Crippen LogP contribution in [0.1, 0.15) is 24.8 Å². The van der Waals surface area contributed by atoms with Gasteiger partial charge in [0.15, 0.2) is 0 Å². The first-order chi connectivity index (χ1) is 7.74. The number of rotatable bonds is 4. The first-order valence-electron chi connectivity index (χ1n) is 5.61. The van der Waals surface area contributed by atoms with Gasteiger partial charge in [-0.3, -0.25) is 4.79 Å². The maximum Gasteiger partial charge on any atom is 0.306 e. The minimum Gasteiger partial charge on any atom is -0.461 e. The second-order valence-corrected chi connectivity index (χ2v) is 4.34. The molecule has 2 rings (SSSR count). The Hall–Kier alpha value is -1.35. The first kappa shape index (κ1) is 11.1. The fraction of sp³-hybridized carbons (Fsp3) is 0.462. The number of benzene rings is 1. The van der Waals surface area contributed by atoms with Crippen molar-refractivity contribution in [2.45, 2.75) is 32.0 Å². The topological polar surface area (TPSA) is 46.5 Å². The number of aliphatic hydroxyl groups excluding tert-OH is 1. The van der Waals surface area contributed by atoms with Crippen LogP contribution in [0.2, 0.25) is 0 Å². The van der Waals surface area contributed by atoms with Gasteiger partial charge in [-0.2, -0.15) is 0 Å². The van der Waals surface area contributed by atoms with Crippen molar-refractivity contribution in [2.75, 3.05) is 0 Å². The van der Waals surface area contributed by atoms with Crippen molar-refractivity contribution < 1.29 is 14.6 Å². The highest BCUT2D eigenvalue weighted by Crippen LogP contribution is 2.30. The van der Waals surface area contributed by atoms with E-state index >= 15 is 0 Å². The fourth-order valence-electron chi connectivity index (χ4n) is 1.90. The van der Waals surface area contributed by atoms with E-state index in [-0.39, 0.29) is 12.1 Å². The molecule has 1 aliphatic rings. The standard InChI is InChI=1S/C13H16O3/c14-12-6-11(7-12)8-13(15)16-9-10-4-2-1-3-5-10/h1-5,11-12,14H,6-9H2. The summed E-state index contributed by atoms with van der Waals surface area (Å²) >= 11 is 0. The summed E-state index contributed by atoms with van der Waals surface area (Å²) in [4.78, 5) is 11.4. The van der Waals surface area contributed by atoms with E-state index in [1.165, 1.54) is 0 Å². The molecule has 1 aromatic carbocycles. The number of hydrogen-bond donors (Lipinski definition) is 1. The van der Waals surface area contributed by atoms with Gasteiger partial charge in [0.05, 0.1) is 6.10 Å². The smallest absolute Gasteiger partial charge is 0.306 e. The molecule has 1 aliphatic carbocycles. The van der Waals surface area contributed by atoms with Gasteiger partial charge in [-0.25, -0.2) is 0 Å². The van der Waals surface area contributed by atoms with E-state index in [0.29, 0.717) is 18.9 Å². The largest absolute Gasteiger partial charge is 0.461 e. The van der Waals surface area contributed by atoms with Crippen molar-refractivity contribution in [2.24, 2.45) is 5.92 Å². The van der Waals surface area contributed by atoms with E-state index < -0.39 is 0 Å². The van der Waals surface area contributed by atoms with Crippen LogP contribution in [0.3, 0.4) is 0 Å². The monoisotopic (exact) mass is 220 g/mol. The molecule has 3 heteroatoms. The van der Waals surface area contributed by atoms with E-state index in [0.717, 1.165) is 18.4 Å². The average molecular weight is 220 g/mol. The normalized spacial score (nSPS) is 23.6. The average Bonchev–Trinajstić information content (AvgIpc) is 2.26. The van der Waals surface area contributed by atoms with Gasteiger partial charge >= 0.3 is 5.97 Å². The van der Waals surface area contributed by atoms with E-state index in [1.807, 2.05) is 30.3 Å². The molecule has 0 unspecified atom stereocenters. The SMILES string of the molecule is O=C(CC1CC(O)C1)OCc1ccccc1. The lowest BCUT2D eigenvalue weighted by atomic mass is 9.80. The second kappa shape index (κ2) is 5.12. The summed E-state index contributed by atoms with van der Waals surface area (Å²) < 4.78 is 5.15. The Bertz CT molecular complexity index is 341. The summed E-state index contributed by atoms with van der Waals surface area (Å²) in [6, 6.07) is 9.64. The highest BCUT2D eigenvalue weighted by molar-refractivity contribution is 5.69. The molecule has 0 spiro atoms. The quantitative estimate of drug-likeness (QED) is 0.788. The van der Waals surface area contributed by atoms with Crippen molar-refractivity contribution in [3.05, 3.63) is 35.9 Å². The van der Waals surface area contributed by atoms with Crippen molar-refractivity contribution >= 4 is 5.97 Å². The summed E-state index contributed by atoms with van der Waals surface area (Å²) in [6.07, 6.45) is 1.71. The number of carbonyl (C=O) groups excluding carboxylic acids is 1. The molecule has 0 bridgehead atoms. The Kier molecular flexibility index (Phi) is 3.57. The van der Waals surface area contributed by atoms with Gasteiger partial charge in [0.1, 0.15) is 6.61 Å². The van der Waals surface area contributed by atoms with Crippen molar-refractivity contribution in [1.82, 2.24) is 0 Å². The second-order valence-electron chi connectivity index (χ2n) is 4.34. The zero-order valence-corrected chi connectivity index (χ0v) is 9.13. The molecule has 0 atom stereocenters. The third-order valence-corrected chi connectivity index (χ3v) is 2.91. The molecule has 16 heavy (non-hydrogen) atoms. The number of hydrogen-bond acceptors (Lipinski definition) is 3. The zero-order chi connectivity index (χ0) is 11.4. The Morgan fingerprint density at radius 2 is 2.00 bits per heavy atom. The summed E-state index contributed by atoms with van der Waals surface area (Å²) in [5.41, 5.74) is 1.00. The fourth-order valence-corrected chi connectivity index (χ4v) is 1.90. The third-order valence-electron chi connectivity index (χ3n) is 2.91. The Balaban J connectivity index is 1.68. The predicted octanol–water partition coefficient (Wildman–Crippen LogP) is 1.89. The number of carbonyl (C=O) groups is 1. The molecule has 0 heterocycles. The highest BCUT2D eigenvalue weighted by Gasteiger charge is 2.29. The van der Waals surface area contributed by atoms with Crippen LogP contribution in [-0.4, -0.2) is 17.2 Å². The third kappa shape index (κ3) is 3.07. The van der Waals surface area contributed by atoms with Gasteiger partial charge < -0.3 is 9.84 Å². The predicted molar refractivity (Wildman–Crippen MR) is 59.6 cm³/mol. The molecular weight excluding hydrogens is 204 g/mol. The molecule has 0 radical (unpaired) electrons. The van der Waals surface area contributed by atoms with Crippen LogP contribution >= 0.6 is 0 Å². The lowest BCUT2D eigenvalue weighted by Gasteiger charge is -2.30. The summed E-state index contributed by atoms with van der Waals surface area (Å²) in [7, 11) is 0. The van der Waals surface area contributed by atoms with Crippen LogP contribution < -0.4 is 0 Å². The van der Waals surface area contributed by atoms with Crippen LogP contribution in [0.25, 0.3) is 0 Å². The van der Waals surface area contributed by atoms with Gasteiger partial charge in [0, 0.05) is 6.42 Å². The molecular formula is C13H16O3. The molecule has 1 fully saturated rings. The van der Waals surface area contributed by atoms with Crippen LogP contribution in [0.4, 0.5) is 0 Å². The minimum absolute atomic E-state index is 0.166. The van der Waals surface area contributed by atoms with E-state index in [1.54, 1.807) is 0 Å². The van der Waals surface area contributed by atoms with Gasteiger partial charge in [0.25, 0.3) is 0 Å². The summed E-state index contributed by atoms with van der Waals surface area (Å²) in [5, 5.41) is 9.09. The maximum atomic E-state index is 11.4. The highest BCUT2D eigenvalue weighted by atomic mass is 16.5. The van der Waals surface area contributed by atoms with Crippen molar-refractivity contribution in [3.63, 3.8) is 0 Å². The lowest BCUT2D eigenvalue weighted by molar-refractivity contribution is -0.147. The summed E-state index contributed by atoms with van der Waals surface area (Å²) in [5.74, 6) is 0.152. The Labute approximate surface area is 95.0 Å². The molecule has 1 aromatic rings. The minimum atomic E-state index is -0.202. The number of ether oxygens (including phenoxy) is 1. The molecule has 0 aliphatic heterocycles. The van der Waals surface area contributed by atoms with Crippen molar-refractivity contribution in [3.8, 4) is 0 Å². The van der Waals surface area contributed by atoms with Crippen LogP contribution in [-0.2, 0) is 16.1 Å². The zero-order valence-electron chi connectivity index (χ0n) is 9.13. The molecule has 86 valence electrons. The molecule has 1 N–H and O–H groups in total. The lowest BCUT2D eigenvalue weighted by Crippen LogP contribution is -2.30. The van der Waals surface area contributed by atoms with E-state index in [4.69, 9.17) is 9.84 Å². The van der Waals surface area contributed by atoms with Crippen LogP contribution in [0, 0.1) is 5.92 Å². The van der Waals surface area contributed by atoms with E-state index in [9.17, 15) is 4.79 Å². The van der Waals surface area contributed by atoms with Gasteiger partial charge in [-0.05, 0) is 24.3 Å². The van der Waals surface area contributed by atoms with Crippen molar-refractivity contribution in [1.29, 1.82) is 0 Å². The molecule has 0 aromatic heterocycles. The Morgan fingerprint density at radius 1 is 1.31 bits per heavy atom. The van der Waals surface area contributed by atoms with Crippen LogP contribution in [0.5, 0.6) is 0 Å². The van der Waals surface area contributed by atoms with Crippen LogP contribution in [0.15, 0.2) is 30.3 Å². The van der Waals surface area contributed by atoms with E-state index in [2.05, 4.69) is 0 Å². The maximum absolute atomic E-state index is 11.4. The van der Waals surface area contributed by atoms with Gasteiger partial charge in [0.2, 0.25) is 0 Å². The van der Waals surface area contributed by atoms with Gasteiger partial charge in [-0.15, -0.1) is 0 Å². The molecule has 1 saturated carbocycles. The summed E-state index contributed by atoms with van der Waals surface area (Å²) in [6.45, 7) is 0.342. The molecule has 3 nitrogen and oxygen atoms in total.